The highest BCUT2D eigenvalue weighted by Crippen LogP contribution is 2.54. The molecule has 1 aliphatic heterocycles. The molecule has 1 N–H and O–H groups in total. The first-order valence-electron chi connectivity index (χ1n) is 7.89. The molecule has 2 heterocycles. The number of benzene rings is 1. The number of aromatic carboxylic acids is 1. The van der Waals surface area contributed by atoms with Gasteiger partial charge in [-0.2, -0.15) is 0 Å². The summed E-state index contributed by atoms with van der Waals surface area (Å²) in [6.45, 7) is 0. The monoisotopic (exact) mass is 323 g/mol. The Labute approximate surface area is 136 Å². The number of hydrogen-bond acceptors (Lipinski definition) is 4. The average Bonchev–Trinajstić information content (AvgIpc) is 3.30. The summed E-state index contributed by atoms with van der Waals surface area (Å²) in [4.78, 5) is 38.5. The van der Waals surface area contributed by atoms with Crippen molar-refractivity contribution in [2.45, 2.75) is 6.42 Å². The van der Waals surface area contributed by atoms with Crippen LogP contribution >= 0.6 is 0 Å². The third-order valence-electron chi connectivity index (χ3n) is 5.46. The molecular weight excluding hydrogens is 310 g/mol. The van der Waals surface area contributed by atoms with Crippen LogP contribution in [0.15, 0.2) is 40.8 Å². The summed E-state index contributed by atoms with van der Waals surface area (Å²) in [6, 6.07) is 6.74. The van der Waals surface area contributed by atoms with Gasteiger partial charge >= 0.3 is 5.97 Å². The molecule has 4 atom stereocenters. The van der Waals surface area contributed by atoms with E-state index in [1.807, 2.05) is 12.2 Å². The van der Waals surface area contributed by atoms with Gasteiger partial charge in [-0.05, 0) is 30.4 Å². The van der Waals surface area contributed by atoms with Crippen molar-refractivity contribution in [3.63, 3.8) is 0 Å². The predicted molar refractivity (Wildman–Crippen MR) is 83.4 cm³/mol. The maximum atomic E-state index is 12.9. The fourth-order valence-corrected chi connectivity index (χ4v) is 4.52. The molecule has 2 fully saturated rings. The molecule has 4 unspecified atom stereocenters. The van der Waals surface area contributed by atoms with Gasteiger partial charge in [-0.1, -0.05) is 24.3 Å². The van der Waals surface area contributed by atoms with E-state index in [-0.39, 0.29) is 46.9 Å². The minimum Gasteiger partial charge on any atom is -0.475 e. The van der Waals surface area contributed by atoms with E-state index in [9.17, 15) is 19.5 Å². The number of allylic oxidation sites excluding steroid dienone is 2. The number of anilines is 1. The minimum absolute atomic E-state index is 0.0712. The lowest BCUT2D eigenvalue weighted by molar-refractivity contribution is -0.123. The van der Waals surface area contributed by atoms with Gasteiger partial charge in [0.05, 0.1) is 11.8 Å². The molecule has 5 rings (SSSR count). The quantitative estimate of drug-likeness (QED) is 0.677. The number of carbonyl (C=O) groups is 3. The second kappa shape index (κ2) is 4.35. The number of rotatable bonds is 2. The normalized spacial score (nSPS) is 30.6. The smallest absolute Gasteiger partial charge is 0.374 e. The number of carbonyl (C=O) groups excluding carboxylic acids is 2. The molecule has 6 heteroatoms. The number of imide groups is 1. The van der Waals surface area contributed by atoms with Gasteiger partial charge in [0, 0.05) is 5.39 Å². The van der Waals surface area contributed by atoms with Crippen LogP contribution in [-0.4, -0.2) is 22.9 Å². The summed E-state index contributed by atoms with van der Waals surface area (Å²) in [5.74, 6) is -2.86. The van der Waals surface area contributed by atoms with Gasteiger partial charge in [-0.25, -0.2) is 9.69 Å². The Morgan fingerprint density at radius 1 is 1.08 bits per heavy atom. The molecule has 1 saturated heterocycles. The highest BCUT2D eigenvalue weighted by molar-refractivity contribution is 6.27. The Balaban J connectivity index is 1.71. The number of nitrogens with zero attached hydrogens (tertiary/aromatic N) is 1. The molecule has 6 nitrogen and oxygen atoms in total. The lowest BCUT2D eigenvalue weighted by Crippen LogP contribution is -2.33. The lowest BCUT2D eigenvalue weighted by atomic mass is 9.85. The first-order chi connectivity index (χ1) is 11.6. The fraction of sp³-hybridized carbons (Fsp3) is 0.278. The van der Waals surface area contributed by atoms with Crippen LogP contribution in [0.1, 0.15) is 17.0 Å². The second-order valence-electron chi connectivity index (χ2n) is 6.59. The van der Waals surface area contributed by atoms with Gasteiger partial charge in [0.15, 0.2) is 0 Å². The molecule has 2 amide bonds. The van der Waals surface area contributed by atoms with Crippen molar-refractivity contribution < 1.29 is 23.9 Å². The lowest BCUT2D eigenvalue weighted by Gasteiger charge is -2.16. The van der Waals surface area contributed by atoms with Gasteiger partial charge in [-0.3, -0.25) is 9.59 Å². The van der Waals surface area contributed by atoms with E-state index in [2.05, 4.69) is 0 Å². The van der Waals surface area contributed by atoms with Crippen LogP contribution in [-0.2, 0) is 9.59 Å². The standard InChI is InChI=1S/C18H13NO5/c20-16-12-8-5-6-9(7-8)13(12)17(21)19(16)14-10-3-1-2-4-11(10)24-15(14)18(22)23/h1-6,8-9,12-13H,7H2,(H,22,23). The van der Waals surface area contributed by atoms with E-state index in [1.165, 1.54) is 0 Å². The Kier molecular flexibility index (Phi) is 2.45. The number of furan rings is 1. The first kappa shape index (κ1) is 13.5. The summed E-state index contributed by atoms with van der Waals surface area (Å²) in [5, 5.41) is 9.93. The molecule has 120 valence electrons. The van der Waals surface area contributed by atoms with Crippen LogP contribution in [0.2, 0.25) is 0 Å². The van der Waals surface area contributed by atoms with Crippen LogP contribution in [0, 0.1) is 23.7 Å². The van der Waals surface area contributed by atoms with E-state index >= 15 is 0 Å². The van der Waals surface area contributed by atoms with E-state index in [1.54, 1.807) is 24.3 Å². The Morgan fingerprint density at radius 3 is 2.33 bits per heavy atom. The van der Waals surface area contributed by atoms with Crippen LogP contribution in [0.25, 0.3) is 11.0 Å². The SMILES string of the molecule is O=C(O)c1oc2ccccc2c1N1C(=O)C2C3C=CC(C3)C2C1=O. The topological polar surface area (TPSA) is 87.8 Å². The van der Waals surface area contributed by atoms with Crippen LogP contribution in [0.3, 0.4) is 0 Å². The van der Waals surface area contributed by atoms with Crippen molar-refractivity contribution in [2.75, 3.05) is 4.90 Å². The van der Waals surface area contributed by atoms with E-state index < -0.39 is 5.97 Å². The average molecular weight is 323 g/mol. The summed E-state index contributed by atoms with van der Waals surface area (Å²) in [6.07, 6.45) is 4.84. The summed E-state index contributed by atoms with van der Waals surface area (Å²) in [7, 11) is 0. The van der Waals surface area contributed by atoms with Crippen LogP contribution < -0.4 is 4.90 Å². The first-order valence-corrected chi connectivity index (χ1v) is 7.89. The zero-order valence-electron chi connectivity index (χ0n) is 12.5. The molecule has 3 aliphatic rings. The van der Waals surface area contributed by atoms with Gasteiger partial charge in [0.1, 0.15) is 11.3 Å². The van der Waals surface area contributed by atoms with Gasteiger partial charge < -0.3 is 9.52 Å². The largest absolute Gasteiger partial charge is 0.475 e. The number of amides is 2. The van der Waals surface area contributed by atoms with Crippen molar-refractivity contribution >= 4 is 34.4 Å². The third-order valence-corrected chi connectivity index (χ3v) is 5.46. The molecule has 1 saturated carbocycles. The van der Waals surface area contributed by atoms with Crippen molar-refractivity contribution in [3.8, 4) is 0 Å². The Hall–Kier alpha value is -2.89. The highest BCUT2D eigenvalue weighted by Gasteiger charge is 2.60. The number of fused-ring (bicyclic) bond motifs is 6. The predicted octanol–water partition coefficient (Wildman–Crippen LogP) is 2.44. The Bertz CT molecular complexity index is 925. The van der Waals surface area contributed by atoms with Gasteiger partial charge in [-0.15, -0.1) is 0 Å². The molecule has 0 radical (unpaired) electrons. The molecular formula is C18H13NO5. The third kappa shape index (κ3) is 1.48. The fourth-order valence-electron chi connectivity index (χ4n) is 4.52. The Morgan fingerprint density at radius 2 is 1.71 bits per heavy atom. The van der Waals surface area contributed by atoms with Crippen LogP contribution in [0.4, 0.5) is 5.69 Å². The van der Waals surface area contributed by atoms with E-state index in [4.69, 9.17) is 4.42 Å². The summed E-state index contributed by atoms with van der Waals surface area (Å²) in [5.41, 5.74) is 0.422. The number of carboxylic acids is 1. The molecule has 2 bridgehead atoms. The van der Waals surface area contributed by atoms with Crippen molar-refractivity contribution in [1.29, 1.82) is 0 Å². The number of carboxylic acid groups (broad SMARTS) is 1. The zero-order valence-corrected chi connectivity index (χ0v) is 12.5. The van der Waals surface area contributed by atoms with E-state index in [0.717, 1.165) is 11.3 Å². The summed E-state index contributed by atoms with van der Waals surface area (Å²) < 4.78 is 5.40. The van der Waals surface area contributed by atoms with Crippen molar-refractivity contribution in [3.05, 3.63) is 42.2 Å². The van der Waals surface area contributed by atoms with Gasteiger partial charge in [0.2, 0.25) is 17.6 Å². The number of para-hydroxylation sites is 1. The number of hydrogen-bond donors (Lipinski definition) is 1. The molecule has 2 aliphatic carbocycles. The van der Waals surface area contributed by atoms with Crippen LogP contribution in [0.5, 0.6) is 0 Å². The molecule has 2 aromatic rings. The second-order valence-corrected chi connectivity index (χ2v) is 6.59. The van der Waals surface area contributed by atoms with E-state index in [0.29, 0.717) is 11.0 Å². The summed E-state index contributed by atoms with van der Waals surface area (Å²) >= 11 is 0. The minimum atomic E-state index is -1.29. The maximum absolute atomic E-state index is 12.9. The molecule has 1 aromatic heterocycles. The van der Waals surface area contributed by atoms with Crippen molar-refractivity contribution in [1.82, 2.24) is 0 Å². The zero-order chi connectivity index (χ0) is 16.6. The highest BCUT2D eigenvalue weighted by atomic mass is 16.4. The molecule has 0 spiro atoms. The van der Waals surface area contributed by atoms with Gasteiger partial charge in [0.25, 0.3) is 0 Å². The molecule has 1 aromatic carbocycles. The van der Waals surface area contributed by atoms with Crippen molar-refractivity contribution in [2.24, 2.45) is 23.7 Å². The molecule has 24 heavy (non-hydrogen) atoms. The maximum Gasteiger partial charge on any atom is 0.374 e.